The zero-order valence-electron chi connectivity index (χ0n) is 11.6. The second-order valence-electron chi connectivity index (χ2n) is 4.53. The molecule has 0 spiro atoms. The van der Waals surface area contributed by atoms with Crippen LogP contribution in [0.25, 0.3) is 0 Å². The van der Waals surface area contributed by atoms with Crippen LogP contribution in [0.4, 0.5) is 14.5 Å². The van der Waals surface area contributed by atoms with Crippen molar-refractivity contribution in [3.63, 3.8) is 0 Å². The molecule has 116 valence electrons. The largest absolute Gasteiger partial charge is 0.435 e. The van der Waals surface area contributed by atoms with E-state index in [0.717, 1.165) is 5.56 Å². The summed E-state index contributed by atoms with van der Waals surface area (Å²) in [4.78, 5) is 12.0. The number of benzene rings is 2. The van der Waals surface area contributed by atoms with E-state index in [1.54, 1.807) is 12.1 Å². The van der Waals surface area contributed by atoms with Crippen molar-refractivity contribution in [2.75, 3.05) is 11.9 Å². The van der Waals surface area contributed by atoms with E-state index in [1.165, 1.54) is 24.3 Å². The minimum atomic E-state index is -2.89. The Morgan fingerprint density at radius 3 is 2.27 bits per heavy atom. The number of ether oxygens (including phenoxy) is 1. The van der Waals surface area contributed by atoms with Gasteiger partial charge in [-0.2, -0.15) is 8.78 Å². The number of hydrogen-bond donors (Lipinski definition) is 2. The quantitative estimate of drug-likeness (QED) is 0.862. The molecule has 4 nitrogen and oxygen atoms in total. The summed E-state index contributed by atoms with van der Waals surface area (Å²) in [6, 6.07) is 12.5. The van der Waals surface area contributed by atoms with Crippen molar-refractivity contribution >= 4 is 11.6 Å². The zero-order chi connectivity index (χ0) is 15.9. The van der Waals surface area contributed by atoms with E-state index in [0.29, 0.717) is 17.7 Å². The summed E-state index contributed by atoms with van der Waals surface area (Å²) >= 11 is 0. The summed E-state index contributed by atoms with van der Waals surface area (Å²) in [6.07, 6.45) is 0.555. The lowest BCUT2D eigenvalue weighted by Crippen LogP contribution is -2.12. The number of halogens is 2. The predicted molar refractivity (Wildman–Crippen MR) is 78.3 cm³/mol. The minimum absolute atomic E-state index is 0.0000867. The molecule has 0 aliphatic rings. The molecule has 0 aliphatic carbocycles. The molecular formula is C16H15F2NO3. The van der Waals surface area contributed by atoms with Crippen LogP contribution < -0.4 is 10.1 Å². The van der Waals surface area contributed by atoms with Gasteiger partial charge in [-0.1, -0.05) is 12.1 Å². The highest BCUT2D eigenvalue weighted by Gasteiger charge is 2.08. The molecule has 0 unspecified atom stereocenters. The molecular weight excluding hydrogens is 292 g/mol. The second-order valence-corrected chi connectivity index (χ2v) is 4.53. The Morgan fingerprint density at radius 1 is 1.09 bits per heavy atom. The van der Waals surface area contributed by atoms with Gasteiger partial charge in [-0.15, -0.1) is 0 Å². The van der Waals surface area contributed by atoms with Crippen LogP contribution in [-0.4, -0.2) is 24.2 Å². The average molecular weight is 307 g/mol. The molecule has 0 fully saturated rings. The molecule has 2 aromatic rings. The number of hydrogen-bond acceptors (Lipinski definition) is 3. The van der Waals surface area contributed by atoms with Crippen molar-refractivity contribution < 1.29 is 23.4 Å². The number of carbonyl (C=O) groups excluding carboxylic acids is 1. The standard InChI is InChI=1S/C16H15F2NO3/c17-16(18)22-14-7-3-12(4-8-14)15(21)19-13-5-1-11(2-6-13)9-10-20/h1-8,16,20H,9-10H2,(H,19,21). The summed E-state index contributed by atoms with van der Waals surface area (Å²) in [5, 5.41) is 11.5. The van der Waals surface area contributed by atoms with E-state index < -0.39 is 6.61 Å². The molecule has 2 aromatic carbocycles. The highest BCUT2D eigenvalue weighted by Crippen LogP contribution is 2.16. The van der Waals surface area contributed by atoms with Crippen molar-refractivity contribution in [1.29, 1.82) is 0 Å². The molecule has 2 rings (SSSR count). The van der Waals surface area contributed by atoms with Crippen LogP contribution in [0.3, 0.4) is 0 Å². The average Bonchev–Trinajstić information content (AvgIpc) is 2.49. The smallest absolute Gasteiger partial charge is 0.387 e. The maximum absolute atomic E-state index is 12.0. The van der Waals surface area contributed by atoms with Gasteiger partial charge in [-0.3, -0.25) is 4.79 Å². The number of rotatable bonds is 6. The van der Waals surface area contributed by atoms with Crippen molar-refractivity contribution in [3.05, 3.63) is 59.7 Å². The fourth-order valence-electron chi connectivity index (χ4n) is 1.87. The molecule has 0 radical (unpaired) electrons. The zero-order valence-corrected chi connectivity index (χ0v) is 11.6. The Labute approximate surface area is 126 Å². The summed E-state index contributed by atoms with van der Waals surface area (Å²) in [6.45, 7) is -2.82. The van der Waals surface area contributed by atoms with E-state index in [9.17, 15) is 13.6 Å². The Morgan fingerprint density at radius 2 is 1.73 bits per heavy atom. The first-order valence-corrected chi connectivity index (χ1v) is 6.64. The SMILES string of the molecule is O=C(Nc1ccc(CCO)cc1)c1ccc(OC(F)F)cc1. The monoisotopic (exact) mass is 307 g/mol. The number of carbonyl (C=O) groups is 1. The predicted octanol–water partition coefficient (Wildman–Crippen LogP) is 3.08. The van der Waals surface area contributed by atoms with E-state index in [1.807, 2.05) is 12.1 Å². The maximum Gasteiger partial charge on any atom is 0.387 e. The molecule has 1 amide bonds. The lowest BCUT2D eigenvalue weighted by atomic mass is 10.1. The van der Waals surface area contributed by atoms with E-state index in [4.69, 9.17) is 5.11 Å². The van der Waals surface area contributed by atoms with Gasteiger partial charge in [0, 0.05) is 17.9 Å². The van der Waals surface area contributed by atoms with Gasteiger partial charge in [-0.25, -0.2) is 0 Å². The molecule has 22 heavy (non-hydrogen) atoms. The van der Waals surface area contributed by atoms with Crippen LogP contribution in [0.1, 0.15) is 15.9 Å². The molecule has 2 N–H and O–H groups in total. The van der Waals surface area contributed by atoms with E-state index >= 15 is 0 Å². The number of amides is 1. The maximum atomic E-state index is 12.0. The number of aliphatic hydroxyl groups excluding tert-OH is 1. The fourth-order valence-corrected chi connectivity index (χ4v) is 1.87. The minimum Gasteiger partial charge on any atom is -0.435 e. The summed E-state index contributed by atoms with van der Waals surface area (Å²) < 4.78 is 28.3. The van der Waals surface area contributed by atoms with Crippen molar-refractivity contribution in [3.8, 4) is 5.75 Å². The molecule has 0 bridgehead atoms. The molecule has 0 aliphatic heterocycles. The fraction of sp³-hybridized carbons (Fsp3) is 0.188. The van der Waals surface area contributed by atoms with Gasteiger partial charge in [0.05, 0.1) is 0 Å². The third kappa shape index (κ3) is 4.53. The molecule has 0 atom stereocenters. The third-order valence-electron chi connectivity index (χ3n) is 2.95. The molecule has 0 saturated carbocycles. The topological polar surface area (TPSA) is 58.6 Å². The lowest BCUT2D eigenvalue weighted by Gasteiger charge is -2.08. The van der Waals surface area contributed by atoms with Gasteiger partial charge in [-0.05, 0) is 48.4 Å². The first-order chi connectivity index (χ1) is 10.6. The van der Waals surface area contributed by atoms with Gasteiger partial charge in [0.25, 0.3) is 5.91 Å². The van der Waals surface area contributed by atoms with Crippen molar-refractivity contribution in [1.82, 2.24) is 0 Å². The number of alkyl halides is 2. The first kappa shape index (κ1) is 15.9. The Kier molecular flexibility index (Phi) is 5.43. The highest BCUT2D eigenvalue weighted by atomic mass is 19.3. The summed E-state index contributed by atoms with van der Waals surface area (Å²) in [5.74, 6) is -0.349. The van der Waals surface area contributed by atoms with E-state index in [2.05, 4.69) is 10.1 Å². The molecule has 0 aromatic heterocycles. The van der Waals surface area contributed by atoms with Crippen LogP contribution in [0.2, 0.25) is 0 Å². The van der Waals surface area contributed by atoms with Crippen LogP contribution in [0.5, 0.6) is 5.75 Å². The first-order valence-electron chi connectivity index (χ1n) is 6.64. The molecule has 0 heterocycles. The van der Waals surface area contributed by atoms with Crippen LogP contribution in [0.15, 0.2) is 48.5 Å². The van der Waals surface area contributed by atoms with Crippen molar-refractivity contribution in [2.45, 2.75) is 13.0 Å². The third-order valence-corrected chi connectivity index (χ3v) is 2.95. The Hall–Kier alpha value is -2.47. The van der Waals surface area contributed by atoms with Gasteiger partial charge in [0.2, 0.25) is 0 Å². The number of aliphatic hydroxyl groups is 1. The Balaban J connectivity index is 1.99. The molecule has 0 saturated heterocycles. The van der Waals surface area contributed by atoms with Gasteiger partial charge >= 0.3 is 6.61 Å². The second kappa shape index (κ2) is 7.51. The number of nitrogens with one attached hydrogen (secondary N) is 1. The Bertz CT molecular complexity index is 612. The highest BCUT2D eigenvalue weighted by molar-refractivity contribution is 6.04. The lowest BCUT2D eigenvalue weighted by molar-refractivity contribution is -0.0498. The molecule has 6 heteroatoms. The van der Waals surface area contributed by atoms with Gasteiger partial charge in [0.1, 0.15) is 5.75 Å². The van der Waals surface area contributed by atoms with Gasteiger partial charge < -0.3 is 15.2 Å². The van der Waals surface area contributed by atoms with Crippen molar-refractivity contribution in [2.24, 2.45) is 0 Å². The van der Waals surface area contributed by atoms with Gasteiger partial charge in [0.15, 0.2) is 0 Å². The van der Waals surface area contributed by atoms with Crippen LogP contribution in [-0.2, 0) is 6.42 Å². The van der Waals surface area contributed by atoms with Crippen LogP contribution >= 0.6 is 0 Å². The normalized spacial score (nSPS) is 10.5. The summed E-state index contributed by atoms with van der Waals surface area (Å²) in [7, 11) is 0. The van der Waals surface area contributed by atoms with E-state index in [-0.39, 0.29) is 18.3 Å². The van der Waals surface area contributed by atoms with Crippen LogP contribution in [0, 0.1) is 0 Å². The summed E-state index contributed by atoms with van der Waals surface area (Å²) in [5.41, 5.74) is 1.91. The number of anilines is 1.